The summed E-state index contributed by atoms with van der Waals surface area (Å²) in [5.41, 5.74) is 0. The zero-order valence-corrected chi connectivity index (χ0v) is 7.01. The van der Waals surface area contributed by atoms with E-state index in [0.717, 1.165) is 19.3 Å². The first-order valence-electron chi connectivity index (χ1n) is 4.01. The minimum atomic E-state index is -0.158. The maximum absolute atomic E-state index is 8.96. The monoisotopic (exact) mass is 142 g/mol. The molecule has 0 saturated heterocycles. The maximum atomic E-state index is 8.96. The van der Waals surface area contributed by atoms with Crippen LogP contribution in [0, 0.1) is 5.92 Å². The molecule has 0 bridgehead atoms. The summed E-state index contributed by atoms with van der Waals surface area (Å²) in [5, 5.41) is 8.96. The lowest BCUT2D eigenvalue weighted by Gasteiger charge is -2.09. The molecule has 1 nitrogen and oxygen atoms in total. The predicted molar refractivity (Wildman–Crippen MR) is 44.9 cm³/mol. The van der Waals surface area contributed by atoms with Crippen LogP contribution < -0.4 is 0 Å². The van der Waals surface area contributed by atoms with Gasteiger partial charge in [-0.05, 0) is 32.1 Å². The van der Waals surface area contributed by atoms with Crippen LogP contribution in [0.1, 0.15) is 33.1 Å². The van der Waals surface area contributed by atoms with Crippen molar-refractivity contribution in [3.05, 3.63) is 12.7 Å². The van der Waals surface area contributed by atoms with Crippen LogP contribution in [0.4, 0.5) is 0 Å². The van der Waals surface area contributed by atoms with Crippen LogP contribution in [0.25, 0.3) is 0 Å². The van der Waals surface area contributed by atoms with Gasteiger partial charge in [0.2, 0.25) is 0 Å². The minimum Gasteiger partial charge on any atom is -0.393 e. The lowest BCUT2D eigenvalue weighted by Crippen LogP contribution is -2.03. The average molecular weight is 142 g/mol. The molecule has 0 aliphatic heterocycles. The maximum Gasteiger partial charge on any atom is 0.0512 e. The van der Waals surface area contributed by atoms with Crippen LogP contribution in [0.15, 0.2) is 12.7 Å². The fourth-order valence-corrected chi connectivity index (χ4v) is 0.944. The summed E-state index contributed by atoms with van der Waals surface area (Å²) in [5.74, 6) is 0.592. The summed E-state index contributed by atoms with van der Waals surface area (Å²) in [6, 6.07) is 0. The molecule has 0 spiro atoms. The van der Waals surface area contributed by atoms with Gasteiger partial charge in [0.25, 0.3) is 0 Å². The Morgan fingerprint density at radius 3 is 2.40 bits per heavy atom. The van der Waals surface area contributed by atoms with Gasteiger partial charge < -0.3 is 5.11 Å². The molecular formula is C9H18O. The van der Waals surface area contributed by atoms with Crippen LogP contribution in [-0.2, 0) is 0 Å². The van der Waals surface area contributed by atoms with E-state index >= 15 is 0 Å². The normalized spacial score (nSPS) is 16.3. The first-order chi connectivity index (χ1) is 4.70. The third-order valence-electron chi connectivity index (χ3n) is 1.81. The van der Waals surface area contributed by atoms with Gasteiger partial charge in [-0.15, -0.1) is 6.58 Å². The Morgan fingerprint density at radius 2 is 2.10 bits per heavy atom. The summed E-state index contributed by atoms with van der Waals surface area (Å²) in [6.07, 6.45) is 4.91. The predicted octanol–water partition coefficient (Wildman–Crippen LogP) is 2.36. The van der Waals surface area contributed by atoms with E-state index in [1.807, 2.05) is 13.0 Å². The molecule has 2 atom stereocenters. The summed E-state index contributed by atoms with van der Waals surface area (Å²) in [4.78, 5) is 0. The quantitative estimate of drug-likeness (QED) is 0.584. The Kier molecular flexibility index (Phi) is 5.32. The molecule has 0 amide bonds. The Balaban J connectivity index is 3.34. The summed E-state index contributed by atoms with van der Waals surface area (Å²) in [6.45, 7) is 7.70. The van der Waals surface area contributed by atoms with Crippen molar-refractivity contribution in [1.29, 1.82) is 0 Å². The first kappa shape index (κ1) is 9.70. The van der Waals surface area contributed by atoms with Crippen molar-refractivity contribution >= 4 is 0 Å². The third-order valence-corrected chi connectivity index (χ3v) is 1.81. The van der Waals surface area contributed by atoms with E-state index in [1.165, 1.54) is 0 Å². The second-order valence-electron chi connectivity index (χ2n) is 2.83. The Morgan fingerprint density at radius 1 is 1.50 bits per heavy atom. The zero-order chi connectivity index (χ0) is 7.98. The molecule has 1 heteroatoms. The van der Waals surface area contributed by atoms with Gasteiger partial charge in [-0.3, -0.25) is 0 Å². The minimum absolute atomic E-state index is 0.158. The first-order valence-corrected chi connectivity index (χ1v) is 4.01. The molecule has 0 aliphatic carbocycles. The van der Waals surface area contributed by atoms with Crippen LogP contribution in [0.5, 0.6) is 0 Å². The second kappa shape index (κ2) is 5.48. The average Bonchev–Trinajstić information content (AvgIpc) is 1.90. The molecule has 1 N–H and O–H groups in total. The molecule has 0 aromatic carbocycles. The van der Waals surface area contributed by atoms with Gasteiger partial charge in [-0.25, -0.2) is 0 Å². The van der Waals surface area contributed by atoms with Gasteiger partial charge >= 0.3 is 0 Å². The number of hydrogen-bond donors (Lipinski definition) is 1. The standard InChI is InChI=1S/C9H18O/c1-4-9(5-2)7-6-8(3)10/h4,8-10H,1,5-7H2,2-3H3. The topological polar surface area (TPSA) is 20.2 Å². The number of allylic oxidation sites excluding steroid dienone is 1. The van der Waals surface area contributed by atoms with Gasteiger partial charge in [0, 0.05) is 0 Å². The van der Waals surface area contributed by atoms with Gasteiger partial charge in [-0.1, -0.05) is 13.0 Å². The summed E-state index contributed by atoms with van der Waals surface area (Å²) in [7, 11) is 0. The number of aliphatic hydroxyl groups is 1. The number of hydrogen-bond acceptors (Lipinski definition) is 1. The van der Waals surface area contributed by atoms with E-state index in [2.05, 4.69) is 13.5 Å². The van der Waals surface area contributed by atoms with E-state index in [0.29, 0.717) is 5.92 Å². The SMILES string of the molecule is C=CC(CC)CCC(C)O. The molecule has 2 unspecified atom stereocenters. The van der Waals surface area contributed by atoms with Crippen molar-refractivity contribution in [3.8, 4) is 0 Å². The highest BCUT2D eigenvalue weighted by Gasteiger charge is 2.02. The molecule has 0 fully saturated rings. The highest BCUT2D eigenvalue weighted by molar-refractivity contribution is 4.77. The molecule has 0 aromatic heterocycles. The highest BCUT2D eigenvalue weighted by Crippen LogP contribution is 2.12. The number of rotatable bonds is 5. The van der Waals surface area contributed by atoms with Crippen LogP contribution in [-0.4, -0.2) is 11.2 Å². The number of aliphatic hydroxyl groups excluding tert-OH is 1. The molecule has 0 heterocycles. The summed E-state index contributed by atoms with van der Waals surface area (Å²) >= 11 is 0. The smallest absolute Gasteiger partial charge is 0.0512 e. The van der Waals surface area contributed by atoms with Gasteiger partial charge in [0.1, 0.15) is 0 Å². The Labute approximate surface area is 63.8 Å². The lowest BCUT2D eigenvalue weighted by atomic mass is 9.99. The van der Waals surface area contributed by atoms with Crippen LogP contribution in [0.2, 0.25) is 0 Å². The molecule has 0 aliphatic rings. The fourth-order valence-electron chi connectivity index (χ4n) is 0.944. The molecule has 0 saturated carbocycles. The van der Waals surface area contributed by atoms with Crippen molar-refractivity contribution in [3.63, 3.8) is 0 Å². The van der Waals surface area contributed by atoms with Crippen molar-refractivity contribution in [2.75, 3.05) is 0 Å². The van der Waals surface area contributed by atoms with Crippen molar-refractivity contribution in [2.45, 2.75) is 39.2 Å². The van der Waals surface area contributed by atoms with E-state index in [1.54, 1.807) is 0 Å². The second-order valence-corrected chi connectivity index (χ2v) is 2.83. The van der Waals surface area contributed by atoms with Crippen LogP contribution >= 0.6 is 0 Å². The molecular weight excluding hydrogens is 124 g/mol. The van der Waals surface area contributed by atoms with Crippen molar-refractivity contribution in [1.82, 2.24) is 0 Å². The van der Waals surface area contributed by atoms with E-state index in [-0.39, 0.29) is 6.10 Å². The van der Waals surface area contributed by atoms with E-state index in [9.17, 15) is 0 Å². The molecule has 10 heavy (non-hydrogen) atoms. The Hall–Kier alpha value is -0.300. The highest BCUT2D eigenvalue weighted by atomic mass is 16.3. The molecule has 60 valence electrons. The van der Waals surface area contributed by atoms with E-state index < -0.39 is 0 Å². The molecule has 0 aromatic rings. The van der Waals surface area contributed by atoms with E-state index in [4.69, 9.17) is 5.11 Å². The van der Waals surface area contributed by atoms with Crippen LogP contribution in [0.3, 0.4) is 0 Å². The summed E-state index contributed by atoms with van der Waals surface area (Å²) < 4.78 is 0. The largest absolute Gasteiger partial charge is 0.393 e. The third kappa shape index (κ3) is 4.57. The van der Waals surface area contributed by atoms with Gasteiger partial charge in [-0.2, -0.15) is 0 Å². The molecule has 0 rings (SSSR count). The van der Waals surface area contributed by atoms with Crippen molar-refractivity contribution in [2.24, 2.45) is 5.92 Å². The fraction of sp³-hybridized carbons (Fsp3) is 0.778. The van der Waals surface area contributed by atoms with Crippen molar-refractivity contribution < 1.29 is 5.11 Å². The van der Waals surface area contributed by atoms with Gasteiger partial charge in [0.15, 0.2) is 0 Å². The molecule has 0 radical (unpaired) electrons. The zero-order valence-electron chi connectivity index (χ0n) is 7.01. The lowest BCUT2D eigenvalue weighted by molar-refractivity contribution is 0.176. The Bertz CT molecular complexity index is 86.7. The van der Waals surface area contributed by atoms with Gasteiger partial charge in [0.05, 0.1) is 6.10 Å².